The maximum absolute atomic E-state index is 13.4. The standard InChI is InChI=1S/C19H20N2O3S2/c22-18(20-13-19(9-10-19)14-5-1-2-6-15(14)20)16-7-3-11-21(16)26(23,24)17-8-4-12-25-17/h1-2,4-6,8,12,16H,3,7,9-11,13H2. The quantitative estimate of drug-likeness (QED) is 0.812. The molecule has 1 aliphatic carbocycles. The van der Waals surface area contributed by atoms with Crippen molar-refractivity contribution >= 4 is 33.0 Å². The second-order valence-corrected chi connectivity index (χ2v) is 10.5. The van der Waals surface area contributed by atoms with E-state index >= 15 is 0 Å². The molecule has 5 rings (SSSR count). The third kappa shape index (κ3) is 2.30. The van der Waals surface area contributed by atoms with E-state index in [0.717, 1.165) is 24.9 Å². The number of sulfonamides is 1. The third-order valence-corrected chi connectivity index (χ3v) is 9.17. The molecule has 5 nitrogen and oxygen atoms in total. The highest BCUT2D eigenvalue weighted by Crippen LogP contribution is 2.56. The minimum Gasteiger partial charge on any atom is -0.310 e. The van der Waals surface area contributed by atoms with Crippen molar-refractivity contribution in [2.24, 2.45) is 0 Å². The maximum atomic E-state index is 13.4. The first-order valence-electron chi connectivity index (χ1n) is 8.99. The van der Waals surface area contributed by atoms with Gasteiger partial charge in [0.05, 0.1) is 0 Å². The molecule has 1 saturated heterocycles. The number of carbonyl (C=O) groups is 1. The molecule has 136 valence electrons. The van der Waals surface area contributed by atoms with E-state index in [2.05, 4.69) is 6.07 Å². The van der Waals surface area contributed by atoms with Gasteiger partial charge in [-0.2, -0.15) is 4.31 Å². The van der Waals surface area contributed by atoms with Gasteiger partial charge < -0.3 is 4.90 Å². The van der Waals surface area contributed by atoms with Gasteiger partial charge in [-0.1, -0.05) is 24.3 Å². The van der Waals surface area contributed by atoms with Crippen LogP contribution in [0.5, 0.6) is 0 Å². The van der Waals surface area contributed by atoms with E-state index in [9.17, 15) is 13.2 Å². The first-order chi connectivity index (χ1) is 12.5. The van der Waals surface area contributed by atoms with Crippen LogP contribution in [0.15, 0.2) is 46.0 Å². The van der Waals surface area contributed by atoms with Crippen molar-refractivity contribution in [3.63, 3.8) is 0 Å². The van der Waals surface area contributed by atoms with E-state index < -0.39 is 16.1 Å². The van der Waals surface area contributed by atoms with Crippen LogP contribution in [-0.2, 0) is 20.2 Å². The Kier molecular flexibility index (Phi) is 3.58. The summed E-state index contributed by atoms with van der Waals surface area (Å²) in [6.07, 6.45) is 3.53. The molecule has 2 fully saturated rings. The molecule has 1 spiro atoms. The van der Waals surface area contributed by atoms with Crippen molar-refractivity contribution in [1.82, 2.24) is 4.31 Å². The number of carbonyl (C=O) groups excluding carboxylic acids is 1. The van der Waals surface area contributed by atoms with Crippen molar-refractivity contribution in [2.75, 3.05) is 18.0 Å². The normalized spacial score (nSPS) is 24.2. The number of fused-ring (bicyclic) bond motifs is 2. The van der Waals surface area contributed by atoms with Crippen molar-refractivity contribution in [3.8, 4) is 0 Å². The van der Waals surface area contributed by atoms with Crippen LogP contribution in [0.25, 0.3) is 0 Å². The topological polar surface area (TPSA) is 57.7 Å². The summed E-state index contributed by atoms with van der Waals surface area (Å²) in [5, 5.41) is 1.76. The second-order valence-electron chi connectivity index (χ2n) is 7.43. The van der Waals surface area contributed by atoms with Crippen LogP contribution < -0.4 is 4.90 Å². The van der Waals surface area contributed by atoms with Crippen LogP contribution in [0, 0.1) is 0 Å². The van der Waals surface area contributed by atoms with E-state index in [1.54, 1.807) is 17.5 Å². The summed E-state index contributed by atoms with van der Waals surface area (Å²) in [6, 6.07) is 10.8. The van der Waals surface area contributed by atoms with Gasteiger partial charge in [0.15, 0.2) is 0 Å². The van der Waals surface area contributed by atoms with Crippen molar-refractivity contribution in [1.29, 1.82) is 0 Å². The summed E-state index contributed by atoms with van der Waals surface area (Å²) < 4.78 is 27.7. The zero-order valence-corrected chi connectivity index (χ0v) is 15.9. The van der Waals surface area contributed by atoms with Crippen LogP contribution in [0.3, 0.4) is 0 Å². The molecule has 0 radical (unpaired) electrons. The molecule has 2 aromatic rings. The summed E-state index contributed by atoms with van der Waals surface area (Å²) >= 11 is 1.21. The fraction of sp³-hybridized carbons (Fsp3) is 0.421. The Labute approximate surface area is 157 Å². The molecule has 3 heterocycles. The van der Waals surface area contributed by atoms with E-state index in [-0.39, 0.29) is 11.3 Å². The molecule has 1 saturated carbocycles. The van der Waals surface area contributed by atoms with Gasteiger partial charge in [-0.3, -0.25) is 4.79 Å². The zero-order chi connectivity index (χ0) is 17.9. The SMILES string of the molecule is O=C(C1CCCN1S(=O)(=O)c1cccs1)N1CC2(CC2)c2ccccc21. The van der Waals surface area contributed by atoms with Gasteiger partial charge in [0.1, 0.15) is 10.3 Å². The third-order valence-electron chi connectivity index (χ3n) is 5.89. The smallest absolute Gasteiger partial charge is 0.253 e. The average molecular weight is 389 g/mol. The summed E-state index contributed by atoms with van der Waals surface area (Å²) in [7, 11) is -3.61. The van der Waals surface area contributed by atoms with Crippen LogP contribution in [-0.4, -0.2) is 37.8 Å². The molecule has 1 aromatic heterocycles. The maximum Gasteiger partial charge on any atom is 0.253 e. The number of benzene rings is 1. The number of amides is 1. The van der Waals surface area contributed by atoms with Gasteiger partial charge in [0, 0.05) is 24.2 Å². The summed E-state index contributed by atoms with van der Waals surface area (Å²) in [5.41, 5.74) is 2.33. The van der Waals surface area contributed by atoms with Gasteiger partial charge in [-0.05, 0) is 48.8 Å². The summed E-state index contributed by atoms with van der Waals surface area (Å²) in [4.78, 5) is 15.2. The van der Waals surface area contributed by atoms with Crippen molar-refractivity contribution < 1.29 is 13.2 Å². The number of anilines is 1. The molecule has 26 heavy (non-hydrogen) atoms. The van der Waals surface area contributed by atoms with E-state index in [1.807, 2.05) is 23.1 Å². The second kappa shape index (κ2) is 5.65. The Hall–Kier alpha value is -1.70. The number of nitrogens with zero attached hydrogens (tertiary/aromatic N) is 2. The lowest BCUT2D eigenvalue weighted by atomic mass is 9.99. The van der Waals surface area contributed by atoms with Crippen LogP contribution in [0.2, 0.25) is 0 Å². The van der Waals surface area contributed by atoms with Gasteiger partial charge in [0.25, 0.3) is 10.0 Å². The Morgan fingerprint density at radius 2 is 1.96 bits per heavy atom. The molecule has 2 aliphatic heterocycles. The zero-order valence-electron chi connectivity index (χ0n) is 14.3. The van der Waals surface area contributed by atoms with Crippen molar-refractivity contribution in [3.05, 3.63) is 47.3 Å². The highest BCUT2D eigenvalue weighted by molar-refractivity contribution is 7.91. The highest BCUT2D eigenvalue weighted by atomic mass is 32.2. The Morgan fingerprint density at radius 3 is 2.69 bits per heavy atom. The molecule has 0 bridgehead atoms. The lowest BCUT2D eigenvalue weighted by molar-refractivity contribution is -0.121. The predicted octanol–water partition coefficient (Wildman–Crippen LogP) is 2.98. The van der Waals surface area contributed by atoms with E-state index in [0.29, 0.717) is 23.7 Å². The van der Waals surface area contributed by atoms with E-state index in [4.69, 9.17) is 0 Å². The van der Waals surface area contributed by atoms with E-state index in [1.165, 1.54) is 21.2 Å². The van der Waals surface area contributed by atoms with Crippen LogP contribution in [0.4, 0.5) is 5.69 Å². The molecule has 1 aromatic carbocycles. The Balaban J connectivity index is 1.48. The van der Waals surface area contributed by atoms with Crippen LogP contribution >= 0.6 is 11.3 Å². The predicted molar refractivity (Wildman–Crippen MR) is 101 cm³/mol. The van der Waals surface area contributed by atoms with Crippen molar-refractivity contribution in [2.45, 2.75) is 41.3 Å². The largest absolute Gasteiger partial charge is 0.310 e. The van der Waals surface area contributed by atoms with Crippen LogP contribution in [0.1, 0.15) is 31.2 Å². The number of thiophene rings is 1. The first-order valence-corrected chi connectivity index (χ1v) is 11.3. The van der Waals surface area contributed by atoms with Gasteiger partial charge in [-0.25, -0.2) is 8.42 Å². The molecule has 1 unspecified atom stereocenters. The first kappa shape index (κ1) is 16.5. The van der Waals surface area contributed by atoms with Gasteiger partial charge in [0.2, 0.25) is 5.91 Å². The molecule has 3 aliphatic rings. The minimum absolute atomic E-state index is 0.0705. The number of hydrogen-bond donors (Lipinski definition) is 0. The number of hydrogen-bond acceptors (Lipinski definition) is 4. The summed E-state index contributed by atoms with van der Waals surface area (Å²) in [6.45, 7) is 1.10. The molecule has 7 heteroatoms. The summed E-state index contributed by atoms with van der Waals surface area (Å²) in [5.74, 6) is -0.0705. The minimum atomic E-state index is -3.61. The van der Waals surface area contributed by atoms with Gasteiger partial charge in [-0.15, -0.1) is 11.3 Å². The fourth-order valence-electron chi connectivity index (χ4n) is 4.39. The Morgan fingerprint density at radius 1 is 1.15 bits per heavy atom. The molecule has 0 N–H and O–H groups in total. The highest BCUT2D eigenvalue weighted by Gasteiger charge is 2.54. The monoisotopic (exact) mass is 388 g/mol. The average Bonchev–Trinajstić information content (AvgIpc) is 3.06. The molecule has 1 amide bonds. The Bertz CT molecular complexity index is 964. The molecule has 1 atom stereocenters. The molecular formula is C19H20N2O3S2. The number of para-hydroxylation sites is 1. The lowest BCUT2D eigenvalue weighted by Gasteiger charge is -2.27. The number of rotatable bonds is 3. The van der Waals surface area contributed by atoms with Gasteiger partial charge >= 0.3 is 0 Å². The fourth-order valence-corrected chi connectivity index (χ4v) is 7.16. The lowest BCUT2D eigenvalue weighted by Crippen LogP contribution is -2.47. The molecular weight excluding hydrogens is 368 g/mol.